The number of carbonyl (C=O) groups is 5. The number of fused-ring (bicyclic) bond motifs is 2. The van der Waals surface area contributed by atoms with Gasteiger partial charge in [-0.3, -0.25) is 39.3 Å². The summed E-state index contributed by atoms with van der Waals surface area (Å²) in [5, 5.41) is 22.9. The number of hydrogen-bond donors (Lipinski definition) is 4. The van der Waals surface area contributed by atoms with Gasteiger partial charge in [0.05, 0.1) is 82.2 Å². The van der Waals surface area contributed by atoms with E-state index in [4.69, 9.17) is 18.9 Å². The van der Waals surface area contributed by atoms with Crippen LogP contribution < -0.4 is 15.5 Å². The molecule has 19 nitrogen and oxygen atoms in total. The third kappa shape index (κ3) is 10.3. The number of aromatic hydroxyl groups is 1. The van der Waals surface area contributed by atoms with Gasteiger partial charge in [0.2, 0.25) is 17.7 Å². The highest BCUT2D eigenvalue weighted by molar-refractivity contribution is 6.25. The van der Waals surface area contributed by atoms with Crippen LogP contribution in [0, 0.1) is 5.82 Å². The van der Waals surface area contributed by atoms with E-state index in [1.165, 1.54) is 24.4 Å². The van der Waals surface area contributed by atoms with Gasteiger partial charge in [0.1, 0.15) is 34.3 Å². The number of phenolic OH excluding ortho intramolecular Hbond substituents is 1. The molecule has 0 bridgehead atoms. The number of amides is 5. The van der Waals surface area contributed by atoms with Gasteiger partial charge >= 0.3 is 0 Å². The Hall–Kier alpha value is -6.87. The first-order valence-electron chi connectivity index (χ1n) is 21.4. The van der Waals surface area contributed by atoms with E-state index >= 15 is 0 Å². The van der Waals surface area contributed by atoms with Crippen LogP contribution in [0.2, 0.25) is 0 Å². The molecule has 1 atom stereocenters. The first-order chi connectivity index (χ1) is 31.7. The number of hydrogen-bond acceptors (Lipinski definition) is 15. The smallest absolute Gasteiger partial charge is 0.264 e. The SMILES string of the molecule is O=C1CCC(N2C(=O)c3cccc(NCCOCCOCCOCCOCCC(=O)N4CCN(c5ccc(-c6n[nH]c7cnc(-c8c(O)cccc8F)nc67)cc5)CC4)c3C2=O)C(=O)N1. The second kappa shape index (κ2) is 20.8. The number of halogens is 1. The van der Waals surface area contributed by atoms with Crippen LogP contribution in [0.1, 0.15) is 40.0 Å². The van der Waals surface area contributed by atoms with E-state index in [1.54, 1.807) is 18.2 Å². The van der Waals surface area contributed by atoms with Crippen LogP contribution in [0.25, 0.3) is 33.7 Å². The number of rotatable bonds is 20. The summed E-state index contributed by atoms with van der Waals surface area (Å²) in [6.45, 7) is 5.66. The lowest BCUT2D eigenvalue weighted by atomic mass is 10.0. The highest BCUT2D eigenvalue weighted by Gasteiger charge is 2.45. The van der Waals surface area contributed by atoms with Crippen molar-refractivity contribution in [1.29, 1.82) is 0 Å². The number of anilines is 2. The van der Waals surface area contributed by atoms with Crippen molar-refractivity contribution in [3.63, 3.8) is 0 Å². The molecule has 340 valence electrons. The summed E-state index contributed by atoms with van der Waals surface area (Å²) in [7, 11) is 0. The van der Waals surface area contributed by atoms with E-state index in [1.807, 2.05) is 29.2 Å². The van der Waals surface area contributed by atoms with Gasteiger partial charge in [-0.05, 0) is 42.8 Å². The van der Waals surface area contributed by atoms with E-state index in [2.05, 4.69) is 35.7 Å². The van der Waals surface area contributed by atoms with E-state index in [0.29, 0.717) is 108 Å². The summed E-state index contributed by atoms with van der Waals surface area (Å²) < 4.78 is 36.9. The molecule has 0 radical (unpaired) electrons. The molecule has 5 amide bonds. The molecule has 20 heteroatoms. The van der Waals surface area contributed by atoms with Crippen molar-refractivity contribution in [1.82, 2.24) is 35.3 Å². The summed E-state index contributed by atoms with van der Waals surface area (Å²) in [5.74, 6) is -2.99. The Kier molecular flexibility index (Phi) is 14.3. The molecular formula is C45H48FN9O10. The third-order valence-electron chi connectivity index (χ3n) is 11.3. The zero-order valence-corrected chi connectivity index (χ0v) is 35.4. The molecule has 2 saturated heterocycles. The normalized spacial score (nSPS) is 16.4. The zero-order chi connectivity index (χ0) is 45.3. The molecule has 5 heterocycles. The lowest BCUT2D eigenvalue weighted by molar-refractivity contribution is -0.136. The van der Waals surface area contributed by atoms with Crippen molar-refractivity contribution in [3.8, 4) is 28.4 Å². The summed E-state index contributed by atoms with van der Waals surface area (Å²) >= 11 is 0. The molecule has 8 rings (SSSR count). The average Bonchev–Trinajstić information content (AvgIpc) is 3.85. The fourth-order valence-corrected chi connectivity index (χ4v) is 7.91. The summed E-state index contributed by atoms with van der Waals surface area (Å²) in [4.78, 5) is 76.7. The van der Waals surface area contributed by atoms with Crippen LogP contribution in [-0.4, -0.2) is 156 Å². The van der Waals surface area contributed by atoms with Crippen molar-refractivity contribution in [2.24, 2.45) is 0 Å². The van der Waals surface area contributed by atoms with Crippen molar-refractivity contribution < 1.29 is 52.4 Å². The maximum Gasteiger partial charge on any atom is 0.264 e. The fourth-order valence-electron chi connectivity index (χ4n) is 7.91. The number of nitrogens with zero attached hydrogens (tertiary/aromatic N) is 6. The number of aromatic nitrogens is 4. The molecule has 5 aromatic rings. The lowest BCUT2D eigenvalue weighted by Crippen LogP contribution is -2.54. The average molecular weight is 894 g/mol. The highest BCUT2D eigenvalue weighted by Crippen LogP contribution is 2.34. The monoisotopic (exact) mass is 893 g/mol. The number of imide groups is 2. The second-order valence-electron chi connectivity index (χ2n) is 15.4. The molecule has 1 unspecified atom stereocenters. The molecule has 3 aliphatic heterocycles. The second-order valence-corrected chi connectivity index (χ2v) is 15.4. The van der Waals surface area contributed by atoms with Crippen LogP contribution in [-0.2, 0) is 33.3 Å². The molecule has 3 aliphatic rings. The van der Waals surface area contributed by atoms with Gasteiger partial charge in [0, 0.05) is 56.1 Å². The van der Waals surface area contributed by atoms with E-state index < -0.39 is 35.5 Å². The Labute approximate surface area is 372 Å². The molecule has 0 spiro atoms. The minimum absolute atomic E-state index is 0.0383. The largest absolute Gasteiger partial charge is 0.507 e. The fraction of sp³-hybridized carbons (Fsp3) is 0.378. The Morgan fingerprint density at radius 1 is 0.815 bits per heavy atom. The number of ether oxygens (including phenoxy) is 4. The summed E-state index contributed by atoms with van der Waals surface area (Å²) in [6, 6.07) is 15.8. The van der Waals surface area contributed by atoms with Crippen molar-refractivity contribution >= 4 is 51.9 Å². The number of H-pyrrole nitrogens is 1. The predicted octanol–water partition coefficient (Wildman–Crippen LogP) is 3.15. The number of nitrogens with one attached hydrogen (secondary N) is 3. The van der Waals surface area contributed by atoms with Gasteiger partial charge in [0.15, 0.2) is 5.82 Å². The van der Waals surface area contributed by atoms with Crippen LogP contribution in [0.3, 0.4) is 0 Å². The number of carbonyl (C=O) groups excluding carboxylic acids is 5. The van der Waals surface area contributed by atoms with E-state index in [-0.39, 0.29) is 53.4 Å². The lowest BCUT2D eigenvalue weighted by Gasteiger charge is -2.36. The van der Waals surface area contributed by atoms with Crippen molar-refractivity contribution in [3.05, 3.63) is 83.8 Å². The minimum Gasteiger partial charge on any atom is -0.507 e. The van der Waals surface area contributed by atoms with E-state index in [9.17, 15) is 33.5 Å². The number of piperazine rings is 1. The van der Waals surface area contributed by atoms with Gasteiger partial charge in [-0.1, -0.05) is 24.3 Å². The van der Waals surface area contributed by atoms with Crippen LogP contribution in [0.15, 0.2) is 66.9 Å². The number of piperidine rings is 1. The first kappa shape index (κ1) is 44.7. The van der Waals surface area contributed by atoms with Crippen molar-refractivity contribution in [2.45, 2.75) is 25.3 Å². The molecule has 0 aliphatic carbocycles. The van der Waals surface area contributed by atoms with Gasteiger partial charge in [-0.25, -0.2) is 14.4 Å². The van der Waals surface area contributed by atoms with Crippen molar-refractivity contribution in [2.75, 3.05) is 95.8 Å². The molecule has 65 heavy (non-hydrogen) atoms. The maximum absolute atomic E-state index is 14.5. The van der Waals surface area contributed by atoms with Gasteiger partial charge in [0.25, 0.3) is 11.8 Å². The standard InChI is InChI=1S/C45H48FN9O10/c46-31-4-2-6-35(56)39(31)42-48-27-33-41(50-42)40(52-51-33)28-7-9-29(10-8-28)53-15-17-54(18-16-53)37(58)13-19-62-21-23-64-25-26-65-24-22-63-20-14-47-32-5-1-3-30-38(32)45(61)55(44(30)60)34-11-12-36(57)49-43(34)59/h1-10,27,34,47,56H,11-26H2,(H,51,52)(H,49,57,59). The summed E-state index contributed by atoms with van der Waals surface area (Å²) in [5.41, 5.74) is 4.26. The van der Waals surface area contributed by atoms with Gasteiger partial charge in [-0.15, -0.1) is 0 Å². The number of phenols is 1. The first-order valence-corrected chi connectivity index (χ1v) is 21.4. The molecule has 2 fully saturated rings. The quantitative estimate of drug-likeness (QED) is 0.0650. The number of benzene rings is 3. The molecular weight excluding hydrogens is 846 g/mol. The van der Waals surface area contributed by atoms with Crippen LogP contribution >= 0.6 is 0 Å². The highest BCUT2D eigenvalue weighted by atomic mass is 19.1. The Morgan fingerprint density at radius 2 is 1.51 bits per heavy atom. The summed E-state index contributed by atoms with van der Waals surface area (Å²) in [6.07, 6.45) is 1.94. The minimum atomic E-state index is -1.03. The van der Waals surface area contributed by atoms with Gasteiger partial charge in [-0.2, -0.15) is 5.10 Å². The third-order valence-corrected chi connectivity index (χ3v) is 11.3. The molecule has 3 aromatic carbocycles. The maximum atomic E-state index is 14.5. The Morgan fingerprint density at radius 3 is 2.22 bits per heavy atom. The Balaban J connectivity index is 0.650. The van der Waals surface area contributed by atoms with E-state index in [0.717, 1.165) is 16.2 Å². The van der Waals surface area contributed by atoms with Crippen LogP contribution in [0.5, 0.6) is 5.75 Å². The Bertz CT molecular complexity index is 2530. The van der Waals surface area contributed by atoms with Gasteiger partial charge < -0.3 is 39.2 Å². The van der Waals surface area contributed by atoms with Crippen LogP contribution in [0.4, 0.5) is 15.8 Å². The molecule has 0 saturated carbocycles. The molecule has 4 N–H and O–H groups in total. The number of aromatic amines is 1. The zero-order valence-electron chi connectivity index (χ0n) is 35.4. The molecule has 2 aromatic heterocycles. The topological polar surface area (TPSA) is 231 Å². The predicted molar refractivity (Wildman–Crippen MR) is 232 cm³/mol.